The molecule has 1 aromatic rings. The first kappa shape index (κ1) is 16.9. The molecule has 2 heterocycles. The lowest BCUT2D eigenvalue weighted by molar-refractivity contribution is -0.124. The Balaban J connectivity index is 2.04. The second-order valence-corrected chi connectivity index (χ2v) is 6.86. The number of aromatic nitrogens is 3. The predicted molar refractivity (Wildman–Crippen MR) is 83.2 cm³/mol. The van der Waals surface area contributed by atoms with E-state index >= 15 is 0 Å². The number of hydrogen-bond acceptors (Lipinski definition) is 5. The van der Waals surface area contributed by atoms with Gasteiger partial charge in [0.15, 0.2) is 5.82 Å². The summed E-state index contributed by atoms with van der Waals surface area (Å²) in [4.78, 5) is 16.8. The third-order valence-electron chi connectivity index (χ3n) is 3.53. The van der Waals surface area contributed by atoms with Crippen LogP contribution in [-0.4, -0.2) is 39.4 Å². The van der Waals surface area contributed by atoms with Crippen LogP contribution in [0.5, 0.6) is 0 Å². The lowest BCUT2D eigenvalue weighted by atomic mass is 10.1. The quantitative estimate of drug-likeness (QED) is 0.853. The molecule has 0 aromatic carbocycles. The summed E-state index contributed by atoms with van der Waals surface area (Å²) < 4.78 is 7.01. The van der Waals surface area contributed by atoms with Crippen LogP contribution in [-0.2, 0) is 22.7 Å². The molecule has 0 bridgehead atoms. The molecule has 1 amide bonds. The molecule has 0 aliphatic carbocycles. The fourth-order valence-corrected chi connectivity index (χ4v) is 2.60. The number of aryl methyl sites for hydroxylation is 1. The third-order valence-corrected chi connectivity index (χ3v) is 3.53. The van der Waals surface area contributed by atoms with Crippen molar-refractivity contribution < 1.29 is 9.53 Å². The molecule has 7 heteroatoms. The molecule has 22 heavy (non-hydrogen) atoms. The molecule has 0 fully saturated rings. The van der Waals surface area contributed by atoms with Gasteiger partial charge in [0.1, 0.15) is 12.4 Å². The standard InChI is InChI=1S/C15H27N5O2/c1-10(14(21)18-15(2,3)4)16-11-7-6-8-20-13(11)17-12(19-20)9-22-5/h10-11,16H,6-9H2,1-5H3,(H,18,21)/t10-,11+/m0/s1. The van der Waals surface area contributed by atoms with E-state index < -0.39 is 0 Å². The number of methoxy groups -OCH3 is 1. The first-order valence-electron chi connectivity index (χ1n) is 7.81. The summed E-state index contributed by atoms with van der Waals surface area (Å²) in [5.41, 5.74) is -0.231. The molecule has 1 aliphatic heterocycles. The average Bonchev–Trinajstić information content (AvgIpc) is 2.80. The van der Waals surface area contributed by atoms with E-state index in [2.05, 4.69) is 20.7 Å². The molecule has 124 valence electrons. The van der Waals surface area contributed by atoms with Crippen LogP contribution in [0.3, 0.4) is 0 Å². The second-order valence-electron chi connectivity index (χ2n) is 6.86. The van der Waals surface area contributed by atoms with E-state index in [1.54, 1.807) is 7.11 Å². The van der Waals surface area contributed by atoms with E-state index in [1.807, 2.05) is 32.4 Å². The zero-order valence-corrected chi connectivity index (χ0v) is 14.1. The number of carbonyl (C=O) groups excluding carboxylic acids is 1. The van der Waals surface area contributed by atoms with Crippen LogP contribution in [0.25, 0.3) is 0 Å². The van der Waals surface area contributed by atoms with Crippen LogP contribution < -0.4 is 10.6 Å². The zero-order chi connectivity index (χ0) is 16.3. The highest BCUT2D eigenvalue weighted by atomic mass is 16.5. The number of rotatable bonds is 5. The van der Waals surface area contributed by atoms with Gasteiger partial charge in [0.25, 0.3) is 0 Å². The molecule has 2 atom stereocenters. The van der Waals surface area contributed by atoms with Crippen molar-refractivity contribution in [1.82, 2.24) is 25.4 Å². The Hall–Kier alpha value is -1.47. The van der Waals surface area contributed by atoms with Gasteiger partial charge in [-0.05, 0) is 40.5 Å². The Morgan fingerprint density at radius 3 is 2.86 bits per heavy atom. The maximum Gasteiger partial charge on any atom is 0.237 e. The van der Waals surface area contributed by atoms with Crippen LogP contribution in [0.2, 0.25) is 0 Å². The highest BCUT2D eigenvalue weighted by molar-refractivity contribution is 5.81. The predicted octanol–water partition coefficient (Wildman–Crippen LogP) is 1.15. The van der Waals surface area contributed by atoms with Gasteiger partial charge in [0, 0.05) is 19.2 Å². The fraction of sp³-hybridized carbons (Fsp3) is 0.800. The van der Waals surface area contributed by atoms with Crippen LogP contribution in [0, 0.1) is 0 Å². The van der Waals surface area contributed by atoms with E-state index in [-0.39, 0.29) is 23.5 Å². The average molecular weight is 309 g/mol. The van der Waals surface area contributed by atoms with Crippen molar-refractivity contribution in [2.24, 2.45) is 0 Å². The van der Waals surface area contributed by atoms with E-state index in [0.717, 1.165) is 25.2 Å². The summed E-state index contributed by atoms with van der Waals surface area (Å²) in [5, 5.41) is 10.8. The molecular weight excluding hydrogens is 282 g/mol. The van der Waals surface area contributed by atoms with E-state index in [9.17, 15) is 4.79 Å². The second kappa shape index (κ2) is 6.75. The Morgan fingerprint density at radius 1 is 1.50 bits per heavy atom. The molecule has 7 nitrogen and oxygen atoms in total. The molecule has 2 N–H and O–H groups in total. The van der Waals surface area contributed by atoms with E-state index in [0.29, 0.717) is 12.4 Å². The SMILES string of the molecule is COCc1nc2n(n1)CCC[C@H]2N[C@@H](C)C(=O)NC(C)(C)C. The Kier molecular flexibility index (Phi) is 5.18. The maximum absolute atomic E-state index is 12.2. The number of amides is 1. The molecule has 2 rings (SSSR count). The number of hydrogen-bond donors (Lipinski definition) is 2. The number of fused-ring (bicyclic) bond motifs is 1. The highest BCUT2D eigenvalue weighted by Gasteiger charge is 2.28. The largest absolute Gasteiger partial charge is 0.377 e. The Labute approximate surface area is 131 Å². The number of nitrogens with zero attached hydrogens (tertiary/aromatic N) is 3. The minimum absolute atomic E-state index is 0.00116. The van der Waals surface area contributed by atoms with Gasteiger partial charge in [-0.1, -0.05) is 0 Å². The smallest absolute Gasteiger partial charge is 0.237 e. The van der Waals surface area contributed by atoms with Crippen molar-refractivity contribution in [1.29, 1.82) is 0 Å². The highest BCUT2D eigenvalue weighted by Crippen LogP contribution is 2.23. The van der Waals surface area contributed by atoms with Crippen molar-refractivity contribution >= 4 is 5.91 Å². The van der Waals surface area contributed by atoms with Gasteiger partial charge in [0.2, 0.25) is 5.91 Å². The van der Waals surface area contributed by atoms with Crippen LogP contribution in [0.1, 0.15) is 58.2 Å². The van der Waals surface area contributed by atoms with Gasteiger partial charge >= 0.3 is 0 Å². The molecule has 1 aliphatic rings. The molecule has 1 aromatic heterocycles. The van der Waals surface area contributed by atoms with Crippen LogP contribution >= 0.6 is 0 Å². The summed E-state index contributed by atoms with van der Waals surface area (Å²) in [7, 11) is 1.63. The van der Waals surface area contributed by atoms with Crippen molar-refractivity contribution in [2.75, 3.05) is 7.11 Å². The minimum atomic E-state index is -0.279. The summed E-state index contributed by atoms with van der Waals surface area (Å²) in [5.74, 6) is 1.59. The van der Waals surface area contributed by atoms with Crippen molar-refractivity contribution in [3.8, 4) is 0 Å². The van der Waals surface area contributed by atoms with Crippen molar-refractivity contribution in [3.63, 3.8) is 0 Å². The van der Waals surface area contributed by atoms with Gasteiger partial charge in [-0.25, -0.2) is 9.67 Å². The van der Waals surface area contributed by atoms with Crippen molar-refractivity contribution in [3.05, 3.63) is 11.6 Å². The fourth-order valence-electron chi connectivity index (χ4n) is 2.60. The van der Waals surface area contributed by atoms with Gasteiger partial charge in [-0.2, -0.15) is 5.10 Å². The normalized spacial score (nSPS) is 19.6. The minimum Gasteiger partial charge on any atom is -0.377 e. The molecule has 0 saturated carbocycles. The first-order valence-corrected chi connectivity index (χ1v) is 7.81. The topological polar surface area (TPSA) is 81.1 Å². The van der Waals surface area contributed by atoms with Crippen molar-refractivity contribution in [2.45, 2.75) is 71.3 Å². The monoisotopic (exact) mass is 309 g/mol. The van der Waals surface area contributed by atoms with Gasteiger partial charge in [-0.3, -0.25) is 10.1 Å². The summed E-state index contributed by atoms with van der Waals surface area (Å²) in [6.45, 7) is 9.09. The Bertz CT molecular complexity index is 520. The van der Waals surface area contributed by atoms with Crippen LogP contribution in [0.15, 0.2) is 0 Å². The maximum atomic E-state index is 12.2. The van der Waals surface area contributed by atoms with Gasteiger partial charge in [0.05, 0.1) is 12.1 Å². The molecular formula is C15H27N5O2. The zero-order valence-electron chi connectivity index (χ0n) is 14.1. The van der Waals surface area contributed by atoms with E-state index in [4.69, 9.17) is 4.74 Å². The van der Waals surface area contributed by atoms with Gasteiger partial charge in [-0.15, -0.1) is 0 Å². The third kappa shape index (κ3) is 4.27. The van der Waals surface area contributed by atoms with Crippen LogP contribution in [0.4, 0.5) is 0 Å². The lowest BCUT2D eigenvalue weighted by Crippen LogP contribution is -2.50. The van der Waals surface area contributed by atoms with Gasteiger partial charge < -0.3 is 10.1 Å². The number of ether oxygens (including phenoxy) is 1. The lowest BCUT2D eigenvalue weighted by Gasteiger charge is -2.28. The Morgan fingerprint density at radius 2 is 2.23 bits per heavy atom. The summed E-state index contributed by atoms with van der Waals surface area (Å²) in [6.07, 6.45) is 1.98. The molecule has 0 unspecified atom stereocenters. The molecule has 0 saturated heterocycles. The number of carbonyl (C=O) groups is 1. The summed E-state index contributed by atoms with van der Waals surface area (Å²) >= 11 is 0. The summed E-state index contributed by atoms with van der Waals surface area (Å²) in [6, 6.07) is -0.231. The number of nitrogens with one attached hydrogen (secondary N) is 2. The van der Waals surface area contributed by atoms with E-state index in [1.165, 1.54) is 0 Å². The molecule has 0 spiro atoms. The molecule has 0 radical (unpaired) electrons. The first-order chi connectivity index (χ1) is 10.3.